The number of ether oxygens (including phenoxy) is 1. The summed E-state index contributed by atoms with van der Waals surface area (Å²) in [6, 6.07) is 6.03. The van der Waals surface area contributed by atoms with E-state index >= 15 is 0 Å². The number of nitrogens with one attached hydrogen (secondary N) is 1. The molecule has 6 nitrogen and oxygen atoms in total. The van der Waals surface area contributed by atoms with Crippen LogP contribution >= 0.6 is 0 Å². The molecule has 0 saturated heterocycles. The standard InChI is InChI=1S/C16H18N2O4/c1-16(2,3)22-15(21)17-10-8-18-12(20)7-5-9-4-6-11(19)13(10)14(9)18/h4-7,10,19H,8H2,1-3H3,(H,17,21)/t10-/m1/s1. The molecule has 1 atom stereocenters. The van der Waals surface area contributed by atoms with E-state index < -0.39 is 17.7 Å². The van der Waals surface area contributed by atoms with Crippen molar-refractivity contribution in [3.8, 4) is 5.75 Å². The van der Waals surface area contributed by atoms with Crippen molar-refractivity contribution >= 4 is 17.0 Å². The van der Waals surface area contributed by atoms with Crippen LogP contribution in [0, 0.1) is 0 Å². The van der Waals surface area contributed by atoms with Crippen LogP contribution in [0.25, 0.3) is 10.9 Å². The number of phenolic OH excluding ortho intramolecular Hbond substituents is 1. The predicted molar refractivity (Wildman–Crippen MR) is 82.0 cm³/mol. The largest absolute Gasteiger partial charge is 0.508 e. The summed E-state index contributed by atoms with van der Waals surface area (Å²) in [4.78, 5) is 24.0. The molecule has 0 unspecified atom stereocenters. The van der Waals surface area contributed by atoms with Crippen molar-refractivity contribution in [2.75, 3.05) is 0 Å². The second-order valence-corrected chi connectivity index (χ2v) is 6.42. The van der Waals surface area contributed by atoms with Crippen molar-refractivity contribution in [3.63, 3.8) is 0 Å². The maximum absolute atomic E-state index is 12.0. The third-order valence-corrected chi connectivity index (χ3v) is 3.57. The summed E-state index contributed by atoms with van der Waals surface area (Å²) in [6.07, 6.45) is -0.574. The fraction of sp³-hybridized carbons (Fsp3) is 0.375. The molecule has 2 heterocycles. The quantitative estimate of drug-likeness (QED) is 0.847. The first-order valence-electron chi connectivity index (χ1n) is 7.11. The molecular formula is C16H18N2O4. The van der Waals surface area contributed by atoms with Crippen molar-refractivity contribution in [2.24, 2.45) is 0 Å². The zero-order valence-corrected chi connectivity index (χ0v) is 12.7. The molecular weight excluding hydrogens is 284 g/mol. The Kier molecular flexibility index (Phi) is 3.12. The Morgan fingerprint density at radius 3 is 2.68 bits per heavy atom. The van der Waals surface area contributed by atoms with Crippen LogP contribution in [-0.4, -0.2) is 21.4 Å². The number of aromatic hydroxyl groups is 1. The minimum absolute atomic E-state index is 0.0606. The lowest BCUT2D eigenvalue weighted by atomic mass is 10.1. The third kappa shape index (κ3) is 2.41. The normalized spacial score (nSPS) is 16.8. The van der Waals surface area contributed by atoms with E-state index in [1.165, 1.54) is 6.07 Å². The number of aromatic nitrogens is 1. The number of hydrogen-bond donors (Lipinski definition) is 2. The molecule has 1 aromatic heterocycles. The van der Waals surface area contributed by atoms with Gasteiger partial charge in [-0.2, -0.15) is 0 Å². The maximum Gasteiger partial charge on any atom is 0.408 e. The van der Waals surface area contributed by atoms with Crippen molar-refractivity contribution in [3.05, 3.63) is 40.2 Å². The molecule has 0 radical (unpaired) electrons. The highest BCUT2D eigenvalue weighted by Gasteiger charge is 2.30. The molecule has 1 amide bonds. The minimum Gasteiger partial charge on any atom is -0.508 e. The monoisotopic (exact) mass is 302 g/mol. The Labute approximate surface area is 127 Å². The molecule has 1 aliphatic heterocycles. The second kappa shape index (κ2) is 4.76. The number of carbonyl (C=O) groups excluding carboxylic acids is 1. The Morgan fingerprint density at radius 2 is 2.00 bits per heavy atom. The van der Waals surface area contributed by atoms with Crippen molar-refractivity contribution in [1.82, 2.24) is 9.88 Å². The molecule has 2 N–H and O–H groups in total. The number of pyridine rings is 1. The predicted octanol–water partition coefficient (Wildman–Crippen LogP) is 2.29. The third-order valence-electron chi connectivity index (χ3n) is 3.57. The van der Waals surface area contributed by atoms with Crippen LogP contribution in [0.15, 0.2) is 29.1 Å². The van der Waals surface area contributed by atoms with E-state index in [1.54, 1.807) is 43.5 Å². The number of phenols is 1. The van der Waals surface area contributed by atoms with Crippen molar-refractivity contribution < 1.29 is 14.6 Å². The lowest BCUT2D eigenvalue weighted by molar-refractivity contribution is 0.0501. The number of rotatable bonds is 1. The van der Waals surface area contributed by atoms with E-state index in [-0.39, 0.29) is 17.9 Å². The molecule has 116 valence electrons. The van der Waals surface area contributed by atoms with Gasteiger partial charge in [-0.25, -0.2) is 4.79 Å². The molecule has 0 bridgehead atoms. The van der Waals surface area contributed by atoms with E-state index in [1.807, 2.05) is 0 Å². The van der Waals surface area contributed by atoms with Gasteiger partial charge in [-0.3, -0.25) is 4.79 Å². The van der Waals surface area contributed by atoms with Crippen LogP contribution in [0.5, 0.6) is 5.75 Å². The number of benzene rings is 1. The Balaban J connectivity index is 2.00. The van der Waals surface area contributed by atoms with Crippen LogP contribution in [0.1, 0.15) is 32.4 Å². The smallest absolute Gasteiger partial charge is 0.408 e. The Hall–Kier alpha value is -2.50. The van der Waals surface area contributed by atoms with E-state index in [2.05, 4.69) is 5.32 Å². The molecule has 0 fully saturated rings. The first-order chi connectivity index (χ1) is 10.3. The fourth-order valence-corrected chi connectivity index (χ4v) is 2.78. The Morgan fingerprint density at radius 1 is 1.32 bits per heavy atom. The topological polar surface area (TPSA) is 80.6 Å². The zero-order valence-electron chi connectivity index (χ0n) is 12.7. The highest BCUT2D eigenvalue weighted by molar-refractivity contribution is 5.87. The molecule has 0 saturated carbocycles. The lowest BCUT2D eigenvalue weighted by Crippen LogP contribution is -2.35. The lowest BCUT2D eigenvalue weighted by Gasteiger charge is -2.22. The number of nitrogens with zero attached hydrogens (tertiary/aromatic N) is 1. The minimum atomic E-state index is -0.611. The van der Waals surface area contributed by atoms with Gasteiger partial charge in [0.05, 0.1) is 18.1 Å². The number of alkyl carbamates (subject to hydrolysis) is 1. The van der Waals surface area contributed by atoms with Gasteiger partial charge in [0.15, 0.2) is 0 Å². The number of amides is 1. The fourth-order valence-electron chi connectivity index (χ4n) is 2.78. The van der Waals surface area contributed by atoms with Gasteiger partial charge < -0.3 is 19.7 Å². The van der Waals surface area contributed by atoms with Gasteiger partial charge in [0, 0.05) is 11.6 Å². The number of carbonyl (C=O) groups is 1. The second-order valence-electron chi connectivity index (χ2n) is 6.42. The molecule has 0 spiro atoms. The highest BCUT2D eigenvalue weighted by atomic mass is 16.6. The molecule has 1 aromatic carbocycles. The first-order valence-corrected chi connectivity index (χ1v) is 7.11. The highest BCUT2D eigenvalue weighted by Crippen LogP contribution is 2.37. The summed E-state index contributed by atoms with van der Waals surface area (Å²) < 4.78 is 6.81. The van der Waals surface area contributed by atoms with Gasteiger partial charge in [0.1, 0.15) is 11.4 Å². The van der Waals surface area contributed by atoms with Crippen LogP contribution in [0.4, 0.5) is 4.79 Å². The number of hydrogen-bond acceptors (Lipinski definition) is 4. The SMILES string of the molecule is CC(C)(C)OC(=O)N[C@@H]1Cn2c(=O)ccc3ccc(O)c1c32. The summed E-state index contributed by atoms with van der Waals surface area (Å²) in [7, 11) is 0. The molecule has 0 aliphatic carbocycles. The van der Waals surface area contributed by atoms with E-state index in [4.69, 9.17) is 4.74 Å². The maximum atomic E-state index is 12.0. The van der Waals surface area contributed by atoms with E-state index in [0.717, 1.165) is 5.39 Å². The van der Waals surface area contributed by atoms with Crippen molar-refractivity contribution in [2.45, 2.75) is 39.0 Å². The van der Waals surface area contributed by atoms with Crippen LogP contribution in [0.3, 0.4) is 0 Å². The summed E-state index contributed by atoms with van der Waals surface area (Å²) in [5, 5.41) is 13.7. The average Bonchev–Trinajstić information content (AvgIpc) is 2.76. The summed E-state index contributed by atoms with van der Waals surface area (Å²) in [6.45, 7) is 5.61. The van der Waals surface area contributed by atoms with Crippen LogP contribution < -0.4 is 10.9 Å². The van der Waals surface area contributed by atoms with Gasteiger partial charge in [-0.05, 0) is 44.4 Å². The average molecular weight is 302 g/mol. The Bertz CT molecular complexity index is 817. The summed E-state index contributed by atoms with van der Waals surface area (Å²) in [5.74, 6) is 0.0606. The van der Waals surface area contributed by atoms with Gasteiger partial charge in [-0.15, -0.1) is 0 Å². The zero-order chi connectivity index (χ0) is 16.1. The summed E-state index contributed by atoms with van der Waals surface area (Å²) >= 11 is 0. The van der Waals surface area contributed by atoms with E-state index in [9.17, 15) is 14.7 Å². The molecule has 3 rings (SSSR count). The molecule has 6 heteroatoms. The van der Waals surface area contributed by atoms with Gasteiger partial charge in [-0.1, -0.05) is 0 Å². The van der Waals surface area contributed by atoms with Crippen LogP contribution in [0.2, 0.25) is 0 Å². The van der Waals surface area contributed by atoms with Crippen LogP contribution in [-0.2, 0) is 11.3 Å². The van der Waals surface area contributed by atoms with Crippen molar-refractivity contribution in [1.29, 1.82) is 0 Å². The summed E-state index contributed by atoms with van der Waals surface area (Å²) in [5.41, 5.74) is 0.447. The first kappa shape index (κ1) is 14.4. The molecule has 22 heavy (non-hydrogen) atoms. The molecule has 1 aliphatic rings. The van der Waals surface area contributed by atoms with Gasteiger partial charge in [0.25, 0.3) is 5.56 Å². The van der Waals surface area contributed by atoms with Gasteiger partial charge in [0.2, 0.25) is 0 Å². The van der Waals surface area contributed by atoms with E-state index in [0.29, 0.717) is 11.1 Å². The van der Waals surface area contributed by atoms with Gasteiger partial charge >= 0.3 is 6.09 Å². The molecule has 2 aromatic rings.